The third-order valence-electron chi connectivity index (χ3n) is 5.05. The average molecular weight is 342 g/mol. The fourth-order valence-corrected chi connectivity index (χ4v) is 3.48. The normalized spacial score (nSPS) is 22.8. The van der Waals surface area contributed by atoms with Gasteiger partial charge in [-0.15, -0.1) is 0 Å². The predicted octanol–water partition coefficient (Wildman–Crippen LogP) is 2.51. The summed E-state index contributed by atoms with van der Waals surface area (Å²) >= 11 is 0. The molecule has 130 valence electrons. The van der Waals surface area contributed by atoms with E-state index in [-0.39, 0.29) is 29.5 Å². The standard InChI is InChI=1S/C19H19FN2O3/c20-15-3-1-13(2-4-15)16-11-17(16)19(24)22-8-6-21(7-9-22)18(23)14-5-10-25-12-14/h1-5,10,12,16-17H,6-9,11H2/t16-,17-/m1/s1. The first-order valence-corrected chi connectivity index (χ1v) is 8.49. The minimum Gasteiger partial charge on any atom is -0.472 e. The van der Waals surface area contributed by atoms with Crippen LogP contribution in [0.15, 0.2) is 47.3 Å². The zero-order valence-electron chi connectivity index (χ0n) is 13.7. The minimum atomic E-state index is -0.259. The lowest BCUT2D eigenvalue weighted by atomic mass is 10.1. The number of benzene rings is 1. The van der Waals surface area contributed by atoms with Crippen molar-refractivity contribution in [1.82, 2.24) is 9.80 Å². The number of piperazine rings is 1. The number of hydrogen-bond donors (Lipinski definition) is 0. The molecule has 2 aromatic rings. The molecule has 0 N–H and O–H groups in total. The van der Waals surface area contributed by atoms with E-state index in [1.807, 2.05) is 4.90 Å². The van der Waals surface area contributed by atoms with Gasteiger partial charge in [0.15, 0.2) is 0 Å². The van der Waals surface area contributed by atoms with Crippen LogP contribution in [-0.2, 0) is 4.79 Å². The highest BCUT2D eigenvalue weighted by molar-refractivity contribution is 5.94. The van der Waals surface area contributed by atoms with Crippen molar-refractivity contribution in [3.8, 4) is 0 Å². The van der Waals surface area contributed by atoms with Crippen molar-refractivity contribution < 1.29 is 18.4 Å². The summed E-state index contributed by atoms with van der Waals surface area (Å²) < 4.78 is 18.0. The lowest BCUT2D eigenvalue weighted by molar-refractivity contribution is -0.134. The lowest BCUT2D eigenvalue weighted by Crippen LogP contribution is -2.51. The molecule has 0 bridgehead atoms. The summed E-state index contributed by atoms with van der Waals surface area (Å²) in [5.74, 6) is 0.00663. The van der Waals surface area contributed by atoms with Crippen LogP contribution in [0.4, 0.5) is 4.39 Å². The monoisotopic (exact) mass is 342 g/mol. The molecule has 2 atom stereocenters. The maximum Gasteiger partial charge on any atom is 0.257 e. The lowest BCUT2D eigenvalue weighted by Gasteiger charge is -2.34. The van der Waals surface area contributed by atoms with Gasteiger partial charge in [0.25, 0.3) is 5.91 Å². The molecule has 2 fully saturated rings. The van der Waals surface area contributed by atoms with Crippen molar-refractivity contribution in [2.24, 2.45) is 5.92 Å². The molecule has 0 radical (unpaired) electrons. The highest BCUT2D eigenvalue weighted by atomic mass is 19.1. The third kappa shape index (κ3) is 3.16. The fourth-order valence-electron chi connectivity index (χ4n) is 3.48. The highest BCUT2D eigenvalue weighted by Gasteiger charge is 2.46. The van der Waals surface area contributed by atoms with Gasteiger partial charge in [-0.05, 0) is 36.1 Å². The molecule has 5 nitrogen and oxygen atoms in total. The van der Waals surface area contributed by atoms with E-state index in [1.54, 1.807) is 23.1 Å². The van der Waals surface area contributed by atoms with E-state index in [2.05, 4.69) is 0 Å². The summed E-state index contributed by atoms with van der Waals surface area (Å²) in [6.07, 6.45) is 3.74. The summed E-state index contributed by atoms with van der Waals surface area (Å²) in [7, 11) is 0. The Hall–Kier alpha value is -2.63. The van der Waals surface area contributed by atoms with Crippen molar-refractivity contribution in [3.63, 3.8) is 0 Å². The Labute approximate surface area is 145 Å². The number of furan rings is 1. The predicted molar refractivity (Wildman–Crippen MR) is 88.4 cm³/mol. The van der Waals surface area contributed by atoms with Gasteiger partial charge < -0.3 is 14.2 Å². The highest BCUT2D eigenvalue weighted by Crippen LogP contribution is 2.48. The molecule has 2 amide bonds. The summed E-state index contributed by atoms with van der Waals surface area (Å²) in [5, 5.41) is 0. The number of rotatable bonds is 3. The Balaban J connectivity index is 1.32. The third-order valence-corrected chi connectivity index (χ3v) is 5.05. The maximum absolute atomic E-state index is 13.0. The molecule has 1 aromatic heterocycles. The van der Waals surface area contributed by atoms with E-state index in [4.69, 9.17) is 4.42 Å². The molecule has 0 unspecified atom stereocenters. The fraction of sp³-hybridized carbons (Fsp3) is 0.368. The number of carbonyl (C=O) groups excluding carboxylic acids is 2. The van der Waals surface area contributed by atoms with E-state index in [0.29, 0.717) is 31.7 Å². The molecule has 25 heavy (non-hydrogen) atoms. The van der Waals surface area contributed by atoms with Crippen LogP contribution in [0.1, 0.15) is 28.3 Å². The van der Waals surface area contributed by atoms with Gasteiger partial charge in [0, 0.05) is 32.1 Å². The molecular weight excluding hydrogens is 323 g/mol. The minimum absolute atomic E-state index is 0.0124. The Kier molecular flexibility index (Phi) is 4.03. The van der Waals surface area contributed by atoms with Gasteiger partial charge in [-0.3, -0.25) is 9.59 Å². The van der Waals surface area contributed by atoms with E-state index in [0.717, 1.165) is 12.0 Å². The summed E-state index contributed by atoms with van der Waals surface area (Å²) in [6, 6.07) is 8.05. The quantitative estimate of drug-likeness (QED) is 0.861. The largest absolute Gasteiger partial charge is 0.472 e. The second kappa shape index (κ2) is 6.35. The molecule has 1 aromatic carbocycles. The van der Waals surface area contributed by atoms with E-state index in [9.17, 15) is 14.0 Å². The first-order chi connectivity index (χ1) is 12.1. The molecule has 1 aliphatic carbocycles. The molecule has 2 aliphatic rings. The zero-order valence-corrected chi connectivity index (χ0v) is 13.7. The van der Waals surface area contributed by atoms with Crippen LogP contribution in [0.3, 0.4) is 0 Å². The van der Waals surface area contributed by atoms with Crippen LogP contribution in [0.2, 0.25) is 0 Å². The van der Waals surface area contributed by atoms with Gasteiger partial charge >= 0.3 is 0 Å². The van der Waals surface area contributed by atoms with Gasteiger partial charge in [-0.1, -0.05) is 12.1 Å². The van der Waals surface area contributed by atoms with Crippen LogP contribution in [0, 0.1) is 11.7 Å². The summed E-state index contributed by atoms with van der Waals surface area (Å²) in [6.45, 7) is 2.16. The van der Waals surface area contributed by atoms with Gasteiger partial charge in [0.2, 0.25) is 5.91 Å². The SMILES string of the molecule is O=C(c1ccoc1)N1CCN(C(=O)[C@@H]2C[C@@H]2c2ccc(F)cc2)CC1. The number of nitrogens with zero attached hydrogens (tertiary/aromatic N) is 2. The second-order valence-electron chi connectivity index (χ2n) is 6.63. The van der Waals surface area contributed by atoms with Crippen molar-refractivity contribution in [3.05, 3.63) is 59.8 Å². The van der Waals surface area contributed by atoms with E-state index in [1.165, 1.54) is 24.7 Å². The molecule has 1 saturated carbocycles. The van der Waals surface area contributed by atoms with Crippen LogP contribution >= 0.6 is 0 Å². The number of amides is 2. The molecule has 1 saturated heterocycles. The number of halogens is 1. The van der Waals surface area contributed by atoms with Crippen molar-refractivity contribution in [1.29, 1.82) is 0 Å². The number of hydrogen-bond acceptors (Lipinski definition) is 3. The van der Waals surface area contributed by atoms with Crippen molar-refractivity contribution in [2.45, 2.75) is 12.3 Å². The van der Waals surface area contributed by atoms with Crippen LogP contribution in [-0.4, -0.2) is 47.8 Å². The van der Waals surface area contributed by atoms with E-state index < -0.39 is 0 Å². The average Bonchev–Trinajstić information content (AvgIpc) is 3.25. The second-order valence-corrected chi connectivity index (χ2v) is 6.63. The van der Waals surface area contributed by atoms with Gasteiger partial charge in [-0.25, -0.2) is 4.39 Å². The van der Waals surface area contributed by atoms with E-state index >= 15 is 0 Å². The summed E-state index contributed by atoms with van der Waals surface area (Å²) in [5.41, 5.74) is 1.56. The van der Waals surface area contributed by atoms with Crippen molar-refractivity contribution >= 4 is 11.8 Å². The Bertz CT molecular complexity index is 764. The Morgan fingerprint density at radius 3 is 2.32 bits per heavy atom. The van der Waals surface area contributed by atoms with Gasteiger partial charge in [-0.2, -0.15) is 0 Å². The van der Waals surface area contributed by atoms with Crippen LogP contribution < -0.4 is 0 Å². The van der Waals surface area contributed by atoms with Gasteiger partial charge in [0.05, 0.1) is 11.8 Å². The van der Waals surface area contributed by atoms with Crippen LogP contribution in [0.5, 0.6) is 0 Å². The topological polar surface area (TPSA) is 53.8 Å². The molecule has 4 rings (SSSR count). The Morgan fingerprint density at radius 2 is 1.68 bits per heavy atom. The molecule has 6 heteroatoms. The number of carbonyl (C=O) groups is 2. The first-order valence-electron chi connectivity index (χ1n) is 8.49. The van der Waals surface area contributed by atoms with Crippen molar-refractivity contribution in [2.75, 3.05) is 26.2 Å². The molecule has 1 aliphatic heterocycles. The molecule has 2 heterocycles. The first kappa shape index (κ1) is 15.9. The van der Waals surface area contributed by atoms with Crippen LogP contribution in [0.25, 0.3) is 0 Å². The smallest absolute Gasteiger partial charge is 0.257 e. The summed E-state index contributed by atoms with van der Waals surface area (Å²) in [4.78, 5) is 28.5. The molecular formula is C19H19FN2O3. The molecule has 0 spiro atoms. The van der Waals surface area contributed by atoms with Gasteiger partial charge in [0.1, 0.15) is 12.1 Å². The zero-order chi connectivity index (χ0) is 17.4. The maximum atomic E-state index is 13.0. The Morgan fingerprint density at radius 1 is 1.00 bits per heavy atom.